The van der Waals surface area contributed by atoms with Crippen molar-refractivity contribution in [1.29, 1.82) is 0 Å². The van der Waals surface area contributed by atoms with E-state index in [2.05, 4.69) is 9.47 Å². The monoisotopic (exact) mass is 564 g/mol. The fourth-order valence-corrected chi connectivity index (χ4v) is 5.13. The van der Waals surface area contributed by atoms with Crippen molar-refractivity contribution < 1.29 is 90.7 Å². The molecule has 4 aliphatic carbocycles. The molecule has 0 spiro atoms. The summed E-state index contributed by atoms with van der Waals surface area (Å²) in [5, 5.41) is 17.4. The molecule has 2 atom stereocenters. The largest absolute Gasteiger partial charge is 0.462 e. The first-order valence-corrected chi connectivity index (χ1v) is 9.09. The first-order valence-electron chi connectivity index (χ1n) is 9.09. The van der Waals surface area contributed by atoms with Gasteiger partial charge < -0.3 is 19.7 Å². The van der Waals surface area contributed by atoms with Gasteiger partial charge in [-0.3, -0.25) is 0 Å². The van der Waals surface area contributed by atoms with Gasteiger partial charge >= 0.3 is 52.9 Å². The molecule has 0 aromatic heterocycles. The first kappa shape index (κ1) is 28.5. The molecule has 2 N–H and O–H groups in total. The van der Waals surface area contributed by atoms with Crippen molar-refractivity contribution in [2.24, 2.45) is 10.8 Å². The average molecular weight is 564 g/mol. The van der Waals surface area contributed by atoms with Crippen LogP contribution in [0.4, 0.5) is 61.5 Å². The maximum Gasteiger partial charge on any atom is 0.344 e. The van der Waals surface area contributed by atoms with Crippen molar-refractivity contribution in [3.8, 4) is 0 Å². The topological polar surface area (TPSA) is 93.1 Å². The van der Waals surface area contributed by atoms with Crippen LogP contribution in [0.25, 0.3) is 0 Å². The highest BCUT2D eigenvalue weighted by atomic mass is 19.3. The Morgan fingerprint density at radius 1 is 0.528 bits per heavy atom. The predicted octanol–water partition coefficient (Wildman–Crippen LogP) is 2.30. The highest BCUT2D eigenvalue weighted by Crippen LogP contribution is 2.92. The molecule has 208 valence electrons. The normalized spacial score (nSPS) is 41.6. The van der Waals surface area contributed by atoms with Crippen LogP contribution in [-0.4, -0.2) is 95.5 Å². The molecule has 4 bridgehead atoms. The number of alkyl halides is 14. The second-order valence-corrected chi connectivity index (χ2v) is 8.21. The third kappa shape index (κ3) is 2.05. The van der Waals surface area contributed by atoms with E-state index >= 15 is 17.6 Å². The molecule has 0 amide bonds. The maximum absolute atomic E-state index is 15.2. The Morgan fingerprint density at radius 2 is 0.917 bits per heavy atom. The average Bonchev–Trinajstić information content (AvgIpc) is 2.73. The third-order valence-corrected chi connectivity index (χ3v) is 6.98. The minimum Gasteiger partial charge on any atom is -0.462 e. The molecule has 0 aromatic rings. The van der Waals surface area contributed by atoms with E-state index in [4.69, 9.17) is 10.2 Å². The molecule has 4 aliphatic rings. The first-order chi connectivity index (χ1) is 15.9. The number of carbonyl (C=O) groups excluding carboxylic acids is 2. The minimum absolute atomic E-state index is 1.49. The van der Waals surface area contributed by atoms with E-state index in [0.717, 1.165) is 0 Å². The summed E-state index contributed by atoms with van der Waals surface area (Å²) in [5.74, 6) is -49.4. The van der Waals surface area contributed by atoms with E-state index in [1.165, 1.54) is 0 Å². The molecule has 4 saturated carbocycles. The Kier molecular flexibility index (Phi) is 5.41. The van der Waals surface area contributed by atoms with E-state index in [1.807, 2.05) is 0 Å². The molecule has 4 rings (SSSR count). The van der Waals surface area contributed by atoms with Gasteiger partial charge in [0, 0.05) is 0 Å². The number of rotatable bonds is 6. The molecule has 2 unspecified atom stereocenters. The van der Waals surface area contributed by atoms with Crippen molar-refractivity contribution in [3.63, 3.8) is 0 Å². The van der Waals surface area contributed by atoms with Crippen LogP contribution in [0.15, 0.2) is 0 Å². The molecular weight excluding hydrogens is 554 g/mol. The molecule has 0 saturated heterocycles. The van der Waals surface area contributed by atoms with Gasteiger partial charge in [-0.1, -0.05) is 0 Å². The van der Waals surface area contributed by atoms with Crippen LogP contribution in [0.1, 0.15) is 0 Å². The molecule has 20 heteroatoms. The molecule has 0 radical (unpaired) electrons. The van der Waals surface area contributed by atoms with Crippen molar-refractivity contribution >= 4 is 11.9 Å². The fourth-order valence-electron chi connectivity index (χ4n) is 5.13. The highest BCUT2D eigenvalue weighted by molar-refractivity contribution is 5.76. The summed E-state index contributed by atoms with van der Waals surface area (Å²) in [6.07, 6.45) is 0. The van der Waals surface area contributed by atoms with Gasteiger partial charge in [0.1, 0.15) is 13.2 Å². The molecule has 0 heterocycles. The number of ether oxygens (including phenoxy) is 2. The van der Waals surface area contributed by atoms with Crippen LogP contribution >= 0.6 is 0 Å². The lowest BCUT2D eigenvalue weighted by molar-refractivity contribution is -0.620. The molecule has 6 nitrogen and oxygen atoms in total. The minimum atomic E-state index is -7.81. The highest BCUT2D eigenvalue weighted by Gasteiger charge is 3.21. The van der Waals surface area contributed by atoms with Gasteiger partial charge in [0.25, 0.3) is 5.92 Å². The number of esters is 2. The smallest absolute Gasteiger partial charge is 0.344 e. The van der Waals surface area contributed by atoms with Crippen molar-refractivity contribution in [3.05, 3.63) is 0 Å². The molecule has 4 fully saturated rings. The predicted molar refractivity (Wildman–Crippen MR) is 78.3 cm³/mol. The third-order valence-electron chi connectivity index (χ3n) is 6.98. The van der Waals surface area contributed by atoms with Crippen molar-refractivity contribution in [2.75, 3.05) is 26.4 Å². The quantitative estimate of drug-likeness (QED) is 0.380. The molecule has 0 aromatic carbocycles. The summed E-state index contributed by atoms with van der Waals surface area (Å²) in [5.41, 5.74) is -28.5. The number of hydrogen-bond donors (Lipinski definition) is 2. The Labute approximate surface area is 188 Å². The summed E-state index contributed by atoms with van der Waals surface area (Å²) >= 11 is 0. The number of aliphatic hydroxyl groups excluding tert-OH is 2. The van der Waals surface area contributed by atoms with Gasteiger partial charge in [-0.05, 0) is 0 Å². The van der Waals surface area contributed by atoms with Crippen LogP contribution in [-0.2, 0) is 19.1 Å². The fraction of sp³-hybridized carbons (Fsp3) is 0.875. The summed E-state index contributed by atoms with van der Waals surface area (Å²) in [6.45, 7) is -10.6. The summed E-state index contributed by atoms with van der Waals surface area (Å²) in [6, 6.07) is 0. The number of hydrogen-bond acceptors (Lipinski definition) is 6. The SMILES string of the molecule is O=C(CO)OCC(=O)OCC12C(F)(F)C3(F)C(F)(F)C(F)(C(F)(F)C(CO)(C3(F)F)C1(F)F)C2(F)F. The van der Waals surface area contributed by atoms with Gasteiger partial charge in [0.15, 0.2) is 12.0 Å². The summed E-state index contributed by atoms with van der Waals surface area (Å²) < 4.78 is 216. The van der Waals surface area contributed by atoms with E-state index in [-0.39, 0.29) is 0 Å². The van der Waals surface area contributed by atoms with Gasteiger partial charge in [-0.2, -0.15) is 8.78 Å². The Hall–Kier alpha value is -2.12. The molecule has 0 aliphatic heterocycles. The van der Waals surface area contributed by atoms with Gasteiger partial charge in [0.2, 0.25) is 5.41 Å². The van der Waals surface area contributed by atoms with Crippen LogP contribution in [0.2, 0.25) is 0 Å². The second-order valence-electron chi connectivity index (χ2n) is 8.21. The summed E-state index contributed by atoms with van der Waals surface area (Å²) in [7, 11) is 0. The summed E-state index contributed by atoms with van der Waals surface area (Å²) in [4.78, 5) is 22.2. The standard InChI is InChI=1S/C16H10F14O6/c17-9-12(21,22)7(3-32)11(19,20)8(14(9,25)26,4-36-6(34)2-35-5(33)1-31)15(27,28)10(18,13(7,23)24)16(9,29)30/h31-32H,1-4H2. The zero-order chi connectivity index (χ0) is 28.4. The molecule has 36 heavy (non-hydrogen) atoms. The molecular formula is C16H10F14O6. The number of carbonyl (C=O) groups is 2. The van der Waals surface area contributed by atoms with E-state index < -0.39 is 96.1 Å². The van der Waals surface area contributed by atoms with Gasteiger partial charge in [0.05, 0.1) is 6.61 Å². The van der Waals surface area contributed by atoms with Crippen molar-refractivity contribution in [2.45, 2.75) is 46.9 Å². The van der Waals surface area contributed by atoms with Gasteiger partial charge in [-0.15, -0.1) is 0 Å². The van der Waals surface area contributed by atoms with Crippen LogP contribution in [0.3, 0.4) is 0 Å². The Balaban J connectivity index is 2.39. The number of aliphatic hydroxyl groups is 2. The maximum atomic E-state index is 15.2. The van der Waals surface area contributed by atoms with E-state index in [0.29, 0.717) is 0 Å². The lowest BCUT2D eigenvalue weighted by Gasteiger charge is -2.76. The van der Waals surface area contributed by atoms with Crippen LogP contribution in [0, 0.1) is 10.8 Å². The van der Waals surface area contributed by atoms with Crippen LogP contribution < -0.4 is 0 Å². The number of halogens is 14. The Morgan fingerprint density at radius 3 is 1.28 bits per heavy atom. The van der Waals surface area contributed by atoms with Gasteiger partial charge in [-0.25, -0.2) is 62.3 Å². The second kappa shape index (κ2) is 6.84. The lowest BCUT2D eigenvalue weighted by Crippen LogP contribution is -3.07. The van der Waals surface area contributed by atoms with E-state index in [9.17, 15) is 53.5 Å². The van der Waals surface area contributed by atoms with Crippen molar-refractivity contribution in [1.82, 2.24) is 0 Å². The van der Waals surface area contributed by atoms with E-state index in [1.54, 1.807) is 0 Å². The zero-order valence-electron chi connectivity index (χ0n) is 16.6. The zero-order valence-corrected chi connectivity index (χ0v) is 16.6. The van der Waals surface area contributed by atoms with Crippen LogP contribution in [0.5, 0.6) is 0 Å². The lowest BCUT2D eigenvalue weighted by atomic mass is 9.33. The Bertz CT molecular complexity index is 954.